The van der Waals surface area contributed by atoms with Crippen molar-refractivity contribution in [1.82, 2.24) is 0 Å². The van der Waals surface area contributed by atoms with Crippen LogP contribution in [0.5, 0.6) is 0 Å². The van der Waals surface area contributed by atoms with Crippen molar-refractivity contribution in [2.45, 2.75) is 47.6 Å². The van der Waals surface area contributed by atoms with E-state index in [1.54, 1.807) is 0 Å². The molecule has 2 unspecified atom stereocenters. The van der Waals surface area contributed by atoms with Gasteiger partial charge in [-0.05, 0) is 11.6 Å². The van der Waals surface area contributed by atoms with Crippen LogP contribution in [0.25, 0.3) is 0 Å². The number of hydrogen-bond acceptors (Lipinski definition) is 4. The van der Waals surface area contributed by atoms with Crippen molar-refractivity contribution in [2.75, 3.05) is 0 Å². The fraction of sp³-hybridized carbons (Fsp3) is 0.889. The van der Waals surface area contributed by atoms with Gasteiger partial charge in [0.15, 0.2) is 0 Å². The first-order valence-electron chi connectivity index (χ1n) is 5.94. The zero-order valence-electron chi connectivity index (χ0n) is 13.6. The number of aliphatic carboxylic acids is 1. The molecule has 0 aliphatic rings. The molecule has 0 aromatic carbocycles. The summed E-state index contributed by atoms with van der Waals surface area (Å²) in [5, 5.41) is 2.70. The van der Waals surface area contributed by atoms with E-state index in [0.29, 0.717) is 0 Å². The monoisotopic (exact) mass is 644 g/mol. The number of carboxylic acid groups (broad SMARTS) is 1. The summed E-state index contributed by atoms with van der Waals surface area (Å²) in [6, 6.07) is 0. The molecule has 0 aliphatic carbocycles. The quantitative estimate of drug-likeness (QED) is 0.291. The molecule has 0 aromatic rings. The van der Waals surface area contributed by atoms with Crippen molar-refractivity contribution in [2.24, 2.45) is 0 Å². The normalized spacial score (nSPS) is 18.6. The van der Waals surface area contributed by atoms with Crippen LogP contribution in [0.1, 0.15) is 0 Å². The Morgan fingerprint density at radius 2 is 1.00 bits per heavy atom. The molecule has 2 atom stereocenters. The number of hydrogen-bond donors (Lipinski definition) is 0. The molecule has 0 heterocycles. The van der Waals surface area contributed by atoms with Crippen LogP contribution in [-0.4, -0.2) is 53.6 Å². The number of alkyl halides is 17. The van der Waals surface area contributed by atoms with Gasteiger partial charge in [-0.1, -0.05) is 0 Å². The summed E-state index contributed by atoms with van der Waals surface area (Å²) in [7, 11) is 0. The Hall–Kier alpha value is 0.612. The van der Waals surface area contributed by atoms with Crippen LogP contribution >= 0.6 is 11.6 Å². The van der Waals surface area contributed by atoms with E-state index < -0.39 is 53.6 Å². The minimum atomic E-state index is -8.05. The molecule has 180 valence electrons. The maximum Gasteiger partial charge on any atom is 1.00 e. The van der Waals surface area contributed by atoms with Crippen LogP contribution in [0.4, 0.5) is 70.2 Å². The molecular weight excluding hydrogens is 644 g/mol. The Kier molecular flexibility index (Phi) is 10.2. The Bertz CT molecular complexity index is 643. The molecule has 4 nitrogen and oxygen atoms in total. The van der Waals surface area contributed by atoms with E-state index in [1.165, 1.54) is 9.47 Å². The van der Waals surface area contributed by atoms with Gasteiger partial charge in [0.1, 0.15) is 5.97 Å². The number of carbonyl (C=O) groups excluding carboxylic acids is 1. The molecule has 0 radical (unpaired) electrons. The summed E-state index contributed by atoms with van der Waals surface area (Å²) in [4.78, 5) is 9.75. The van der Waals surface area contributed by atoms with E-state index in [2.05, 4.69) is 11.6 Å². The molecule has 0 saturated carbocycles. The second kappa shape index (κ2) is 9.34. The number of carboxylic acids is 1. The molecule has 0 aromatic heterocycles. The predicted octanol–water partition coefficient (Wildman–Crippen LogP) is 0.882. The zero-order chi connectivity index (χ0) is 25.0. The first-order valence-corrected chi connectivity index (χ1v) is 6.32. The molecule has 31 heavy (non-hydrogen) atoms. The molecule has 0 bridgehead atoms. The van der Waals surface area contributed by atoms with Crippen molar-refractivity contribution < 1.29 is 159 Å². The van der Waals surface area contributed by atoms with Crippen LogP contribution in [0.15, 0.2) is 0 Å². The SMILES string of the molecule is O=C([O-])C(F)(F)OC(F)(F)C(F)(OC(F)(F)C(F)(C(F)(F)F)C(F)(F)Cl)C(F)(F)F.[Cs+]. The molecule has 0 saturated heterocycles. The van der Waals surface area contributed by atoms with Gasteiger partial charge in [-0.2, -0.15) is 65.9 Å². The third-order valence-electron chi connectivity index (χ3n) is 2.68. The number of rotatable bonds is 8. The van der Waals surface area contributed by atoms with E-state index in [4.69, 9.17) is 0 Å². The van der Waals surface area contributed by atoms with Gasteiger partial charge in [0, 0.05) is 0 Å². The van der Waals surface area contributed by atoms with Gasteiger partial charge >= 0.3 is 116 Å². The van der Waals surface area contributed by atoms with Crippen LogP contribution in [0, 0.1) is 0 Å². The summed E-state index contributed by atoms with van der Waals surface area (Å²) in [5.41, 5.74) is -7.88. The summed E-state index contributed by atoms with van der Waals surface area (Å²) >= 11 is 3.40. The maximum absolute atomic E-state index is 13.6. The maximum atomic E-state index is 13.6. The number of ether oxygens (including phenoxy) is 2. The molecule has 0 fully saturated rings. The summed E-state index contributed by atoms with van der Waals surface area (Å²) in [6.07, 6.45) is -38.1. The van der Waals surface area contributed by atoms with Gasteiger partial charge in [-0.3, -0.25) is 4.74 Å². The Morgan fingerprint density at radius 3 is 1.23 bits per heavy atom. The second-order valence-electron chi connectivity index (χ2n) is 4.79. The van der Waals surface area contributed by atoms with Crippen molar-refractivity contribution in [3.05, 3.63) is 0 Å². The van der Waals surface area contributed by atoms with Crippen molar-refractivity contribution in [3.8, 4) is 0 Å². The molecule has 0 aliphatic heterocycles. The minimum Gasteiger partial charge on any atom is -0.542 e. The topological polar surface area (TPSA) is 58.6 Å². The number of carbonyl (C=O) groups is 1. The third kappa shape index (κ3) is 6.19. The molecule has 0 amide bonds. The summed E-state index contributed by atoms with van der Waals surface area (Å²) in [6.45, 7) is 0. The summed E-state index contributed by atoms with van der Waals surface area (Å²) in [5.74, 6) is -12.2. The van der Waals surface area contributed by atoms with Crippen molar-refractivity contribution in [3.63, 3.8) is 0 Å². The molecule has 0 N–H and O–H groups in total. The summed E-state index contributed by atoms with van der Waals surface area (Å²) < 4.78 is 207. The van der Waals surface area contributed by atoms with Crippen LogP contribution in [0.2, 0.25) is 0 Å². The van der Waals surface area contributed by atoms with E-state index in [0.717, 1.165) is 0 Å². The number of halogens is 17. The van der Waals surface area contributed by atoms with Crippen LogP contribution < -0.4 is 74.0 Å². The van der Waals surface area contributed by atoms with Crippen LogP contribution in [-0.2, 0) is 14.3 Å². The third-order valence-corrected chi connectivity index (χ3v) is 2.94. The average molecular weight is 644 g/mol. The zero-order valence-corrected chi connectivity index (χ0v) is 20.6. The van der Waals surface area contributed by atoms with Gasteiger partial charge in [0.25, 0.3) is 0 Å². The fourth-order valence-corrected chi connectivity index (χ4v) is 1.51. The van der Waals surface area contributed by atoms with E-state index in [9.17, 15) is 80.1 Å². The fourth-order valence-electron chi connectivity index (χ4n) is 1.29. The largest absolute Gasteiger partial charge is 1.00 e. The first-order chi connectivity index (χ1) is 12.6. The predicted molar refractivity (Wildman–Crippen MR) is 52.6 cm³/mol. The van der Waals surface area contributed by atoms with Gasteiger partial charge in [-0.15, -0.1) is 0 Å². The van der Waals surface area contributed by atoms with Gasteiger partial charge in [0.05, 0.1) is 0 Å². The first kappa shape index (κ1) is 33.8. The standard InChI is InChI=1S/C9HClF16O4.Cs/c10-5(15,16)3(13,6(17,18)19)8(23,24)30-4(14,7(20,21)22)9(25,26)29-2(11,12)1(27)28;/h(H,27,28);/q;+1/p-1. The van der Waals surface area contributed by atoms with Crippen molar-refractivity contribution >= 4 is 17.6 Å². The molecule has 0 rings (SSSR count). The Morgan fingerprint density at radius 1 is 0.645 bits per heavy atom. The smallest absolute Gasteiger partial charge is 0.542 e. The Labute approximate surface area is 221 Å². The van der Waals surface area contributed by atoms with E-state index in [-0.39, 0.29) is 68.9 Å². The molecule has 22 heteroatoms. The van der Waals surface area contributed by atoms with Gasteiger partial charge in [-0.25, -0.2) is 9.13 Å². The van der Waals surface area contributed by atoms with Gasteiger partial charge in [0.2, 0.25) is 0 Å². The second-order valence-corrected chi connectivity index (χ2v) is 5.26. The minimum absolute atomic E-state index is 0. The van der Waals surface area contributed by atoms with Gasteiger partial charge < -0.3 is 9.90 Å². The van der Waals surface area contributed by atoms with E-state index >= 15 is 0 Å². The molecular formula is C9ClCsF16O4. The van der Waals surface area contributed by atoms with Crippen molar-refractivity contribution in [1.29, 1.82) is 0 Å². The average Bonchev–Trinajstić information content (AvgIpc) is 2.40. The Balaban J connectivity index is 0. The van der Waals surface area contributed by atoms with E-state index in [1.807, 2.05) is 0 Å². The van der Waals surface area contributed by atoms with Crippen LogP contribution in [0.3, 0.4) is 0 Å². The molecule has 0 spiro atoms.